The average Bonchev–Trinajstić information content (AvgIpc) is 2.89. The summed E-state index contributed by atoms with van der Waals surface area (Å²) in [4.78, 5) is 25.8. The van der Waals surface area contributed by atoms with E-state index in [-0.39, 0.29) is 36.3 Å². The molecule has 1 aromatic carbocycles. The summed E-state index contributed by atoms with van der Waals surface area (Å²) in [5.41, 5.74) is 0.661. The highest BCUT2D eigenvalue weighted by atomic mass is 19.1. The molecule has 2 aliphatic rings. The van der Waals surface area contributed by atoms with Crippen LogP contribution in [0.15, 0.2) is 24.3 Å². The zero-order chi connectivity index (χ0) is 16.2. The number of amides is 3. The van der Waals surface area contributed by atoms with Crippen molar-refractivity contribution in [2.24, 2.45) is 0 Å². The predicted molar refractivity (Wildman–Crippen MR) is 85.7 cm³/mol. The summed E-state index contributed by atoms with van der Waals surface area (Å²) in [6.07, 6.45) is 5.88. The van der Waals surface area contributed by atoms with Gasteiger partial charge in [-0.1, -0.05) is 19.3 Å². The van der Waals surface area contributed by atoms with E-state index in [0.29, 0.717) is 12.2 Å². The molecule has 2 fully saturated rings. The Hall–Kier alpha value is -2.11. The molecule has 0 bridgehead atoms. The minimum atomic E-state index is -0.332. The van der Waals surface area contributed by atoms with Gasteiger partial charge in [-0.3, -0.25) is 4.79 Å². The van der Waals surface area contributed by atoms with Gasteiger partial charge in [-0.15, -0.1) is 0 Å². The number of nitrogens with zero attached hydrogens (tertiary/aromatic N) is 1. The normalized spacial score (nSPS) is 22.2. The molecule has 1 atom stereocenters. The van der Waals surface area contributed by atoms with Crippen LogP contribution < -0.4 is 15.5 Å². The maximum absolute atomic E-state index is 13.0. The third-order valence-electron chi connectivity index (χ3n) is 4.54. The second-order valence-corrected chi connectivity index (χ2v) is 6.33. The van der Waals surface area contributed by atoms with Crippen molar-refractivity contribution in [2.45, 2.75) is 50.6 Å². The Morgan fingerprint density at radius 1 is 1.04 bits per heavy atom. The Balaban J connectivity index is 1.52. The van der Waals surface area contributed by atoms with Gasteiger partial charge in [0, 0.05) is 24.7 Å². The Morgan fingerprint density at radius 3 is 2.39 bits per heavy atom. The van der Waals surface area contributed by atoms with Gasteiger partial charge in [0.05, 0.1) is 6.04 Å². The number of halogens is 1. The Morgan fingerprint density at radius 2 is 1.70 bits per heavy atom. The van der Waals surface area contributed by atoms with Gasteiger partial charge in [0.2, 0.25) is 5.91 Å². The lowest BCUT2D eigenvalue weighted by molar-refractivity contribution is -0.117. The van der Waals surface area contributed by atoms with E-state index in [1.165, 1.54) is 18.6 Å². The van der Waals surface area contributed by atoms with Crippen molar-refractivity contribution < 1.29 is 14.0 Å². The van der Waals surface area contributed by atoms with Crippen molar-refractivity contribution in [1.29, 1.82) is 0 Å². The molecular weight excluding hydrogens is 297 g/mol. The number of benzene rings is 1. The molecule has 3 rings (SSSR count). The van der Waals surface area contributed by atoms with Crippen LogP contribution in [-0.2, 0) is 4.79 Å². The van der Waals surface area contributed by atoms with Crippen LogP contribution in [0.2, 0.25) is 0 Å². The molecule has 6 heteroatoms. The van der Waals surface area contributed by atoms with Crippen molar-refractivity contribution in [1.82, 2.24) is 10.6 Å². The molecule has 0 spiro atoms. The molecule has 0 unspecified atom stereocenters. The molecule has 23 heavy (non-hydrogen) atoms. The van der Waals surface area contributed by atoms with Gasteiger partial charge in [-0.05, 0) is 37.1 Å². The largest absolute Gasteiger partial charge is 0.335 e. The fourth-order valence-corrected chi connectivity index (χ4v) is 3.33. The van der Waals surface area contributed by atoms with Crippen molar-refractivity contribution in [3.05, 3.63) is 30.1 Å². The monoisotopic (exact) mass is 319 g/mol. The number of anilines is 1. The van der Waals surface area contributed by atoms with Crippen molar-refractivity contribution in [3.63, 3.8) is 0 Å². The van der Waals surface area contributed by atoms with E-state index >= 15 is 0 Å². The lowest BCUT2D eigenvalue weighted by Crippen LogP contribution is -2.47. The summed E-state index contributed by atoms with van der Waals surface area (Å²) < 4.78 is 13.0. The van der Waals surface area contributed by atoms with Gasteiger partial charge in [-0.2, -0.15) is 0 Å². The van der Waals surface area contributed by atoms with Crippen LogP contribution in [0.4, 0.5) is 14.9 Å². The molecule has 124 valence electrons. The summed E-state index contributed by atoms with van der Waals surface area (Å²) >= 11 is 0. The van der Waals surface area contributed by atoms with E-state index in [4.69, 9.17) is 0 Å². The standard InChI is InChI=1S/C17H22FN3O2/c18-12-6-8-15(9-7-12)21-11-14(10-16(21)22)20-17(23)19-13-4-2-1-3-5-13/h6-9,13-14H,1-5,10-11H2,(H2,19,20,23)/t14-/m1/s1. The topological polar surface area (TPSA) is 61.4 Å². The predicted octanol–water partition coefficient (Wildman–Crippen LogP) is 2.56. The van der Waals surface area contributed by atoms with E-state index in [1.807, 2.05) is 0 Å². The van der Waals surface area contributed by atoms with E-state index in [9.17, 15) is 14.0 Å². The second kappa shape index (κ2) is 6.98. The van der Waals surface area contributed by atoms with Crippen LogP contribution in [0, 0.1) is 5.82 Å². The summed E-state index contributed by atoms with van der Waals surface area (Å²) in [6.45, 7) is 0.419. The molecule has 3 amide bonds. The first-order chi connectivity index (χ1) is 11.1. The van der Waals surface area contributed by atoms with Crippen LogP contribution in [-0.4, -0.2) is 30.6 Å². The lowest BCUT2D eigenvalue weighted by atomic mass is 9.96. The number of rotatable bonds is 3. The summed E-state index contributed by atoms with van der Waals surface area (Å²) in [7, 11) is 0. The van der Waals surface area contributed by atoms with Crippen LogP contribution in [0.5, 0.6) is 0 Å². The summed E-state index contributed by atoms with van der Waals surface area (Å²) in [6, 6.07) is 5.66. The fourth-order valence-electron chi connectivity index (χ4n) is 3.33. The lowest BCUT2D eigenvalue weighted by Gasteiger charge is -2.24. The molecule has 2 N–H and O–H groups in total. The van der Waals surface area contributed by atoms with Crippen LogP contribution in [0.25, 0.3) is 0 Å². The van der Waals surface area contributed by atoms with E-state index in [1.54, 1.807) is 17.0 Å². The second-order valence-electron chi connectivity index (χ2n) is 6.33. The highest BCUT2D eigenvalue weighted by Crippen LogP contribution is 2.22. The van der Waals surface area contributed by atoms with E-state index in [2.05, 4.69) is 10.6 Å². The van der Waals surface area contributed by atoms with Gasteiger partial charge in [-0.25, -0.2) is 9.18 Å². The van der Waals surface area contributed by atoms with E-state index in [0.717, 1.165) is 25.7 Å². The maximum atomic E-state index is 13.0. The van der Waals surface area contributed by atoms with E-state index < -0.39 is 0 Å². The first kappa shape index (κ1) is 15.8. The first-order valence-electron chi connectivity index (χ1n) is 8.25. The van der Waals surface area contributed by atoms with Crippen LogP contribution >= 0.6 is 0 Å². The summed E-state index contributed by atoms with van der Waals surface area (Å²) in [5, 5.41) is 5.87. The van der Waals surface area contributed by atoms with Gasteiger partial charge in [0.25, 0.3) is 0 Å². The average molecular weight is 319 g/mol. The van der Waals surface area contributed by atoms with Crippen LogP contribution in [0.1, 0.15) is 38.5 Å². The van der Waals surface area contributed by atoms with Gasteiger partial charge >= 0.3 is 6.03 Å². The number of carbonyl (C=O) groups excluding carboxylic acids is 2. The minimum absolute atomic E-state index is 0.0559. The van der Waals surface area contributed by atoms with Crippen molar-refractivity contribution in [2.75, 3.05) is 11.4 Å². The Kier molecular flexibility index (Phi) is 4.79. The SMILES string of the molecule is O=C(NC1CCCCC1)N[C@@H]1CC(=O)N(c2ccc(F)cc2)C1. The molecule has 1 aromatic rings. The molecule has 1 saturated heterocycles. The third kappa shape index (κ3) is 4.00. The van der Waals surface area contributed by atoms with Crippen molar-refractivity contribution >= 4 is 17.6 Å². The number of nitrogens with one attached hydrogen (secondary N) is 2. The fraction of sp³-hybridized carbons (Fsp3) is 0.529. The molecule has 5 nitrogen and oxygen atoms in total. The number of hydrogen-bond donors (Lipinski definition) is 2. The van der Waals surface area contributed by atoms with Gasteiger partial charge < -0.3 is 15.5 Å². The maximum Gasteiger partial charge on any atom is 0.315 e. The molecule has 1 heterocycles. The number of hydrogen-bond acceptors (Lipinski definition) is 2. The zero-order valence-electron chi connectivity index (χ0n) is 13.1. The van der Waals surface area contributed by atoms with Gasteiger partial charge in [0.15, 0.2) is 0 Å². The summed E-state index contributed by atoms with van der Waals surface area (Å²) in [5.74, 6) is -0.387. The molecular formula is C17H22FN3O2. The third-order valence-corrected chi connectivity index (χ3v) is 4.54. The highest BCUT2D eigenvalue weighted by molar-refractivity contribution is 5.96. The molecule has 1 aliphatic carbocycles. The Labute approximate surface area is 135 Å². The smallest absolute Gasteiger partial charge is 0.315 e. The number of carbonyl (C=O) groups is 2. The number of urea groups is 1. The minimum Gasteiger partial charge on any atom is -0.335 e. The molecule has 0 radical (unpaired) electrons. The van der Waals surface area contributed by atoms with Crippen molar-refractivity contribution in [3.8, 4) is 0 Å². The first-order valence-corrected chi connectivity index (χ1v) is 8.25. The highest BCUT2D eigenvalue weighted by Gasteiger charge is 2.32. The van der Waals surface area contributed by atoms with Crippen LogP contribution in [0.3, 0.4) is 0 Å². The Bertz CT molecular complexity index is 570. The zero-order valence-corrected chi connectivity index (χ0v) is 13.1. The quantitative estimate of drug-likeness (QED) is 0.899. The molecule has 1 saturated carbocycles. The molecule has 1 aliphatic heterocycles. The van der Waals surface area contributed by atoms with Gasteiger partial charge in [0.1, 0.15) is 5.82 Å². The molecule has 0 aromatic heterocycles.